The van der Waals surface area contributed by atoms with Gasteiger partial charge in [-0.2, -0.15) is 13.2 Å². The molecule has 4 nitrogen and oxygen atoms in total. The van der Waals surface area contributed by atoms with Gasteiger partial charge in [0.15, 0.2) is 0 Å². The molecule has 0 atom stereocenters. The molecule has 0 saturated carbocycles. The molecule has 0 fully saturated rings. The molecule has 0 bridgehead atoms. The summed E-state index contributed by atoms with van der Waals surface area (Å²) >= 11 is 0. The Balaban J connectivity index is 2.32. The van der Waals surface area contributed by atoms with Gasteiger partial charge in [0, 0.05) is 19.7 Å². The second-order valence-corrected chi connectivity index (χ2v) is 5.41. The number of alkyl halides is 3. The summed E-state index contributed by atoms with van der Waals surface area (Å²) < 4.78 is 39.6. The Bertz CT molecular complexity index is 760. The third kappa shape index (κ3) is 4.37. The maximum Gasteiger partial charge on any atom is 0.418 e. The first-order valence-electron chi connectivity index (χ1n) is 7.47. The van der Waals surface area contributed by atoms with Crippen molar-refractivity contribution in [2.45, 2.75) is 13.1 Å². The monoisotopic (exact) mass is 350 g/mol. The van der Waals surface area contributed by atoms with Crippen molar-refractivity contribution in [3.63, 3.8) is 0 Å². The Morgan fingerprint density at radius 2 is 1.52 bits per heavy atom. The SMILES string of the molecule is CC(=O)N(CC(=O)N(C)c1ccccc1)c1ccccc1C(F)(F)F. The summed E-state index contributed by atoms with van der Waals surface area (Å²) in [5.41, 5.74) is -0.710. The fourth-order valence-electron chi connectivity index (χ4n) is 2.35. The average Bonchev–Trinajstić information content (AvgIpc) is 2.58. The minimum atomic E-state index is -4.63. The van der Waals surface area contributed by atoms with Gasteiger partial charge in [0.2, 0.25) is 11.8 Å². The average molecular weight is 350 g/mol. The van der Waals surface area contributed by atoms with E-state index in [2.05, 4.69) is 0 Å². The smallest absolute Gasteiger partial charge is 0.314 e. The van der Waals surface area contributed by atoms with Gasteiger partial charge in [0.25, 0.3) is 0 Å². The number of nitrogens with zero attached hydrogens (tertiary/aromatic N) is 2. The van der Waals surface area contributed by atoms with Crippen LogP contribution in [0.2, 0.25) is 0 Å². The summed E-state index contributed by atoms with van der Waals surface area (Å²) in [5.74, 6) is -1.15. The molecule has 25 heavy (non-hydrogen) atoms. The Morgan fingerprint density at radius 1 is 0.960 bits per heavy atom. The highest BCUT2D eigenvalue weighted by atomic mass is 19.4. The van der Waals surface area contributed by atoms with E-state index in [0.717, 1.165) is 17.9 Å². The standard InChI is InChI=1S/C18H17F3N2O2/c1-13(24)23(16-11-7-6-10-15(16)18(19,20)21)12-17(25)22(2)14-8-4-3-5-9-14/h3-11H,12H2,1-2H3. The summed E-state index contributed by atoms with van der Waals surface area (Å²) in [6.07, 6.45) is -4.63. The second kappa shape index (κ2) is 7.38. The predicted octanol–water partition coefficient (Wildman–Crippen LogP) is 3.72. The van der Waals surface area contributed by atoms with E-state index in [1.165, 1.54) is 30.1 Å². The van der Waals surface area contributed by atoms with Gasteiger partial charge < -0.3 is 9.80 Å². The maximum atomic E-state index is 13.2. The molecule has 2 aromatic carbocycles. The third-order valence-electron chi connectivity index (χ3n) is 3.69. The Hall–Kier alpha value is -2.83. The van der Waals surface area contributed by atoms with Gasteiger partial charge in [0.05, 0.1) is 11.3 Å². The van der Waals surface area contributed by atoms with E-state index in [1.807, 2.05) is 0 Å². The lowest BCUT2D eigenvalue weighted by Gasteiger charge is -2.26. The van der Waals surface area contributed by atoms with Crippen LogP contribution in [0.5, 0.6) is 0 Å². The molecule has 0 radical (unpaired) electrons. The first-order valence-corrected chi connectivity index (χ1v) is 7.47. The van der Waals surface area contributed by atoms with Crippen molar-refractivity contribution < 1.29 is 22.8 Å². The Morgan fingerprint density at radius 3 is 2.08 bits per heavy atom. The van der Waals surface area contributed by atoms with E-state index in [-0.39, 0.29) is 5.69 Å². The highest BCUT2D eigenvalue weighted by Crippen LogP contribution is 2.36. The molecular weight excluding hydrogens is 333 g/mol. The molecule has 2 rings (SSSR count). The zero-order valence-electron chi connectivity index (χ0n) is 13.7. The molecule has 0 aliphatic heterocycles. The van der Waals surface area contributed by atoms with Crippen molar-refractivity contribution >= 4 is 23.2 Å². The molecule has 0 saturated heterocycles. The molecule has 0 unspecified atom stereocenters. The molecule has 0 aliphatic carbocycles. The van der Waals surface area contributed by atoms with E-state index in [1.54, 1.807) is 30.3 Å². The number of anilines is 2. The van der Waals surface area contributed by atoms with Crippen molar-refractivity contribution in [1.82, 2.24) is 0 Å². The minimum absolute atomic E-state index is 0.336. The van der Waals surface area contributed by atoms with E-state index >= 15 is 0 Å². The summed E-state index contributed by atoms with van der Waals surface area (Å²) in [6.45, 7) is 0.636. The predicted molar refractivity (Wildman–Crippen MR) is 89.3 cm³/mol. The maximum absolute atomic E-state index is 13.2. The summed E-state index contributed by atoms with van der Waals surface area (Å²) in [4.78, 5) is 26.5. The number of benzene rings is 2. The molecular formula is C18H17F3N2O2. The Labute approximate surface area is 143 Å². The quantitative estimate of drug-likeness (QED) is 0.843. The molecule has 7 heteroatoms. The second-order valence-electron chi connectivity index (χ2n) is 5.41. The highest BCUT2D eigenvalue weighted by molar-refractivity contribution is 6.03. The van der Waals surface area contributed by atoms with Gasteiger partial charge >= 0.3 is 6.18 Å². The van der Waals surface area contributed by atoms with Crippen molar-refractivity contribution in [2.24, 2.45) is 0 Å². The number of likely N-dealkylation sites (N-methyl/N-ethyl adjacent to an activating group) is 1. The molecule has 2 aromatic rings. The number of para-hydroxylation sites is 2. The molecule has 132 valence electrons. The number of carbonyl (C=O) groups is 2. The largest absolute Gasteiger partial charge is 0.418 e. The lowest BCUT2D eigenvalue weighted by molar-refractivity contribution is -0.137. The third-order valence-corrected chi connectivity index (χ3v) is 3.69. The minimum Gasteiger partial charge on any atom is -0.314 e. The van der Waals surface area contributed by atoms with Gasteiger partial charge in [-0.15, -0.1) is 0 Å². The van der Waals surface area contributed by atoms with Gasteiger partial charge in [-0.3, -0.25) is 9.59 Å². The van der Waals surface area contributed by atoms with Gasteiger partial charge in [0.1, 0.15) is 6.54 Å². The van der Waals surface area contributed by atoms with Gasteiger partial charge in [-0.25, -0.2) is 0 Å². The molecule has 0 heterocycles. The normalized spacial score (nSPS) is 11.1. The van der Waals surface area contributed by atoms with Crippen LogP contribution in [0, 0.1) is 0 Å². The summed E-state index contributed by atoms with van der Waals surface area (Å²) in [5, 5.41) is 0. The van der Waals surface area contributed by atoms with Crippen molar-refractivity contribution in [3.05, 3.63) is 60.2 Å². The van der Waals surface area contributed by atoms with Crippen LogP contribution < -0.4 is 9.80 Å². The molecule has 0 spiro atoms. The van der Waals surface area contributed by atoms with Gasteiger partial charge in [-0.05, 0) is 24.3 Å². The molecule has 0 aliphatic rings. The van der Waals surface area contributed by atoms with Crippen LogP contribution in [0.15, 0.2) is 54.6 Å². The van der Waals surface area contributed by atoms with Crippen LogP contribution in [0.1, 0.15) is 12.5 Å². The van der Waals surface area contributed by atoms with E-state index in [9.17, 15) is 22.8 Å². The molecule has 2 amide bonds. The zero-order chi connectivity index (χ0) is 18.6. The van der Waals surface area contributed by atoms with Crippen LogP contribution in [0.3, 0.4) is 0 Å². The van der Waals surface area contributed by atoms with Crippen LogP contribution >= 0.6 is 0 Å². The van der Waals surface area contributed by atoms with E-state index in [4.69, 9.17) is 0 Å². The van der Waals surface area contributed by atoms with E-state index in [0.29, 0.717) is 5.69 Å². The lowest BCUT2D eigenvalue weighted by Crippen LogP contribution is -2.41. The van der Waals surface area contributed by atoms with Crippen LogP contribution in [-0.4, -0.2) is 25.4 Å². The summed E-state index contributed by atoms with van der Waals surface area (Å²) in [6, 6.07) is 13.3. The topological polar surface area (TPSA) is 40.6 Å². The van der Waals surface area contributed by atoms with Crippen molar-refractivity contribution in [3.8, 4) is 0 Å². The first kappa shape index (κ1) is 18.5. The van der Waals surface area contributed by atoms with Crippen LogP contribution in [0.4, 0.5) is 24.5 Å². The fraction of sp³-hybridized carbons (Fsp3) is 0.222. The van der Waals surface area contributed by atoms with Crippen molar-refractivity contribution in [1.29, 1.82) is 0 Å². The number of hydrogen-bond donors (Lipinski definition) is 0. The summed E-state index contributed by atoms with van der Waals surface area (Å²) in [7, 11) is 1.51. The van der Waals surface area contributed by atoms with E-state index < -0.39 is 30.1 Å². The lowest BCUT2D eigenvalue weighted by atomic mass is 10.1. The van der Waals surface area contributed by atoms with Crippen molar-refractivity contribution in [2.75, 3.05) is 23.4 Å². The molecule has 0 aromatic heterocycles. The zero-order valence-corrected chi connectivity index (χ0v) is 13.7. The number of carbonyl (C=O) groups excluding carboxylic acids is 2. The number of hydrogen-bond acceptors (Lipinski definition) is 2. The van der Waals surface area contributed by atoms with Gasteiger partial charge in [-0.1, -0.05) is 30.3 Å². The van der Waals surface area contributed by atoms with Crippen LogP contribution in [0.25, 0.3) is 0 Å². The highest BCUT2D eigenvalue weighted by Gasteiger charge is 2.35. The molecule has 0 N–H and O–H groups in total. The first-order chi connectivity index (χ1) is 11.7. The number of rotatable bonds is 4. The van der Waals surface area contributed by atoms with Crippen LogP contribution in [-0.2, 0) is 15.8 Å². The number of amides is 2. The fourth-order valence-corrected chi connectivity index (χ4v) is 2.35. The Kier molecular flexibility index (Phi) is 5.46. The number of halogens is 3.